The lowest BCUT2D eigenvalue weighted by molar-refractivity contribution is 0.0888. The Morgan fingerprint density at radius 3 is 2.46 bits per heavy atom. The number of hydrazone groups is 1. The van der Waals surface area contributed by atoms with E-state index in [1.165, 1.54) is 51.4 Å². The minimum absolute atomic E-state index is 0.0422. The fourth-order valence-electron chi connectivity index (χ4n) is 10.2. The molecule has 2 atom stereocenters. The molecule has 11 nitrogen and oxygen atoms in total. The number of fused-ring (bicyclic) bond motifs is 4. The number of piperidine rings is 1. The molecule has 2 N–H and O–H groups in total. The molecule has 1 amide bonds. The van der Waals surface area contributed by atoms with E-state index in [4.69, 9.17) is 31.7 Å². The number of rotatable bonds is 7. The molecule has 2 unspecified atom stereocenters. The van der Waals surface area contributed by atoms with Crippen LogP contribution in [0.1, 0.15) is 127 Å². The summed E-state index contributed by atoms with van der Waals surface area (Å²) < 4.78 is 6.12. The Morgan fingerprint density at radius 2 is 1.76 bits per heavy atom. The second-order valence-electron chi connectivity index (χ2n) is 17.7. The van der Waals surface area contributed by atoms with Gasteiger partial charge in [-0.25, -0.2) is 0 Å². The van der Waals surface area contributed by atoms with E-state index in [9.17, 15) is 4.79 Å². The molecule has 6 aliphatic rings. The minimum atomic E-state index is -0.219. The summed E-state index contributed by atoms with van der Waals surface area (Å²) in [5.41, 5.74) is 10.6. The molecule has 5 heterocycles. The van der Waals surface area contributed by atoms with Crippen LogP contribution < -0.4 is 25.3 Å². The number of thiophene rings is 1. The molecule has 3 aliphatic heterocycles. The zero-order valence-corrected chi connectivity index (χ0v) is 35.5. The van der Waals surface area contributed by atoms with E-state index in [2.05, 4.69) is 81.8 Å². The van der Waals surface area contributed by atoms with Crippen molar-refractivity contribution in [1.29, 1.82) is 5.26 Å². The average molecular weight is 828 g/mol. The Bertz CT molecular complexity index is 2380. The van der Waals surface area contributed by atoms with Gasteiger partial charge in [-0.05, 0) is 138 Å². The van der Waals surface area contributed by atoms with Gasteiger partial charge in [-0.15, -0.1) is 21.5 Å². The molecule has 2 aromatic carbocycles. The van der Waals surface area contributed by atoms with Crippen molar-refractivity contribution in [1.82, 2.24) is 20.9 Å². The highest BCUT2D eigenvalue weighted by molar-refractivity contribution is 7.17. The van der Waals surface area contributed by atoms with Gasteiger partial charge in [0.05, 0.1) is 22.4 Å². The fraction of sp³-hybridized carbons (Fsp3) is 0.478. The monoisotopic (exact) mass is 827 g/mol. The highest BCUT2D eigenvalue weighted by Gasteiger charge is 2.55. The average Bonchev–Trinajstić information content (AvgIpc) is 3.65. The van der Waals surface area contributed by atoms with Crippen molar-refractivity contribution in [3.63, 3.8) is 0 Å². The van der Waals surface area contributed by atoms with Crippen LogP contribution >= 0.6 is 22.9 Å². The Balaban J connectivity index is 0.728. The number of carbonyl (C=O) groups is 1. The van der Waals surface area contributed by atoms with Crippen LogP contribution in [-0.2, 0) is 0 Å². The highest BCUT2D eigenvalue weighted by Crippen LogP contribution is 2.53. The number of aromatic nitrogens is 2. The van der Waals surface area contributed by atoms with Crippen LogP contribution in [0.2, 0.25) is 5.02 Å². The zero-order valence-electron chi connectivity index (χ0n) is 33.9. The standard InChI is InChI=1S/C46H50ClN9O2S/c1-27-28(2)59-43-40(27)41(50-46(18-19-46)44-54-51-29(3)56(43)44)31-6-4-30(5-7-31)32-16-17-45(25-32)20-22-55(23-21-45)39-15-14-38(52-53-39)42(57)49-34-9-12-35(13-10-34)58-36-11-8-33(26-48)37(47)24-36/h4-8,11,14-15,24,29,32,34-35,51H,9-10,12-13,16-23,25H2,1-3H3,(H,49,57). The van der Waals surface area contributed by atoms with Crippen LogP contribution in [0, 0.1) is 30.6 Å². The summed E-state index contributed by atoms with van der Waals surface area (Å²) in [7, 11) is 0. The number of amidine groups is 1. The molecule has 2 spiro atoms. The number of hydrogen-bond donors (Lipinski definition) is 2. The number of anilines is 2. The fourth-order valence-corrected chi connectivity index (χ4v) is 11.7. The van der Waals surface area contributed by atoms with Crippen molar-refractivity contribution in [3.05, 3.63) is 98.0 Å². The van der Waals surface area contributed by atoms with E-state index < -0.39 is 0 Å². The molecular weight excluding hydrogens is 778 g/mol. The summed E-state index contributed by atoms with van der Waals surface area (Å²) in [6, 6.07) is 20.4. The van der Waals surface area contributed by atoms with Crippen molar-refractivity contribution in [2.24, 2.45) is 15.5 Å². The summed E-state index contributed by atoms with van der Waals surface area (Å²) in [5, 5.41) is 27.6. The van der Waals surface area contributed by atoms with Crippen molar-refractivity contribution >= 4 is 51.2 Å². The van der Waals surface area contributed by atoms with Gasteiger partial charge in [-0.1, -0.05) is 35.9 Å². The Kier molecular flexibility index (Phi) is 9.67. The third kappa shape index (κ3) is 7.04. The number of aryl methyl sites for hydroxylation is 1. The number of aliphatic imine (C=N–C) groups is 1. The van der Waals surface area contributed by atoms with Crippen LogP contribution in [0.3, 0.4) is 0 Å². The molecular formula is C46H50ClN9O2S. The number of nitrogens with zero attached hydrogens (tertiary/aromatic N) is 7. The predicted octanol–water partition coefficient (Wildman–Crippen LogP) is 8.81. The summed E-state index contributed by atoms with van der Waals surface area (Å²) in [6.07, 6.45) is 11.5. The number of hydrogen-bond acceptors (Lipinski definition) is 11. The van der Waals surface area contributed by atoms with E-state index in [1.54, 1.807) is 18.2 Å². The van der Waals surface area contributed by atoms with E-state index in [0.29, 0.717) is 33.4 Å². The normalized spacial score (nSPS) is 25.0. The maximum absolute atomic E-state index is 13.1. The van der Waals surface area contributed by atoms with Crippen LogP contribution in [0.5, 0.6) is 5.75 Å². The first-order chi connectivity index (χ1) is 28.6. The number of benzene rings is 2. The second-order valence-corrected chi connectivity index (χ2v) is 19.3. The summed E-state index contributed by atoms with van der Waals surface area (Å²) >= 11 is 8.04. The van der Waals surface area contributed by atoms with Gasteiger partial charge >= 0.3 is 0 Å². The molecule has 4 fully saturated rings. The maximum atomic E-state index is 13.1. The van der Waals surface area contributed by atoms with E-state index in [-0.39, 0.29) is 29.8 Å². The number of carbonyl (C=O) groups excluding carboxylic acids is 1. The van der Waals surface area contributed by atoms with Crippen LogP contribution in [0.25, 0.3) is 0 Å². The molecule has 2 aromatic heterocycles. The SMILES string of the molecule is Cc1sc2c(c1C)C(c1ccc(C3CCC4(CCN(c5ccc(C(=O)NC6CCC(Oc7ccc(C#N)c(Cl)c7)CC6)nn5)CC4)C3)cc1)=NC1(CC1)C1=NNC(C)N12. The smallest absolute Gasteiger partial charge is 0.272 e. The topological polar surface area (TPSA) is 131 Å². The number of ether oxygens (including phenoxy) is 1. The predicted molar refractivity (Wildman–Crippen MR) is 233 cm³/mol. The van der Waals surface area contributed by atoms with Crippen LogP contribution in [0.4, 0.5) is 10.8 Å². The lowest BCUT2D eigenvalue weighted by atomic mass is 9.76. The highest BCUT2D eigenvalue weighted by atomic mass is 35.5. The quantitative estimate of drug-likeness (QED) is 0.189. The molecule has 59 heavy (non-hydrogen) atoms. The molecule has 0 bridgehead atoms. The van der Waals surface area contributed by atoms with E-state index >= 15 is 0 Å². The lowest BCUT2D eigenvalue weighted by Crippen LogP contribution is -2.42. The Labute approximate surface area is 354 Å². The van der Waals surface area contributed by atoms with E-state index in [1.807, 2.05) is 23.5 Å². The number of amides is 1. The van der Waals surface area contributed by atoms with Gasteiger partial charge in [-0.3, -0.25) is 20.1 Å². The largest absolute Gasteiger partial charge is 0.490 e. The van der Waals surface area contributed by atoms with Gasteiger partial charge in [0, 0.05) is 41.2 Å². The van der Waals surface area contributed by atoms with E-state index in [0.717, 1.165) is 81.8 Å². The summed E-state index contributed by atoms with van der Waals surface area (Å²) in [6.45, 7) is 8.56. The first kappa shape index (κ1) is 38.2. The third-order valence-corrected chi connectivity index (χ3v) is 15.5. The lowest BCUT2D eigenvalue weighted by Gasteiger charge is -2.40. The molecule has 3 aliphatic carbocycles. The first-order valence-electron chi connectivity index (χ1n) is 21.3. The maximum Gasteiger partial charge on any atom is 0.272 e. The molecule has 3 saturated carbocycles. The second kappa shape index (κ2) is 14.9. The first-order valence-corrected chi connectivity index (χ1v) is 22.5. The van der Waals surface area contributed by atoms with Crippen LogP contribution in [0.15, 0.2) is 64.7 Å². The third-order valence-electron chi connectivity index (χ3n) is 14.0. The molecule has 10 rings (SSSR count). The van der Waals surface area contributed by atoms with Gasteiger partial charge in [0.2, 0.25) is 0 Å². The number of nitriles is 1. The van der Waals surface area contributed by atoms with Gasteiger partial charge in [0.1, 0.15) is 28.5 Å². The Morgan fingerprint density at radius 1 is 0.983 bits per heavy atom. The van der Waals surface area contributed by atoms with Gasteiger partial charge in [0.15, 0.2) is 17.3 Å². The van der Waals surface area contributed by atoms with Crippen molar-refractivity contribution < 1.29 is 9.53 Å². The molecule has 1 saturated heterocycles. The van der Waals surface area contributed by atoms with Crippen LogP contribution in [-0.4, -0.2) is 64.6 Å². The van der Waals surface area contributed by atoms with Gasteiger partial charge < -0.3 is 15.0 Å². The molecule has 304 valence electrons. The van der Waals surface area contributed by atoms with Gasteiger partial charge in [0.25, 0.3) is 5.91 Å². The van der Waals surface area contributed by atoms with Crippen molar-refractivity contribution in [2.45, 2.75) is 121 Å². The van der Waals surface area contributed by atoms with Crippen molar-refractivity contribution in [2.75, 3.05) is 22.9 Å². The van der Waals surface area contributed by atoms with Crippen molar-refractivity contribution in [3.8, 4) is 11.8 Å². The summed E-state index contributed by atoms with van der Waals surface area (Å²) in [5.74, 6) is 2.96. The number of nitrogens with one attached hydrogen (secondary N) is 2. The molecule has 4 aromatic rings. The minimum Gasteiger partial charge on any atom is -0.490 e. The Hall–Kier alpha value is -4.99. The van der Waals surface area contributed by atoms with Gasteiger partial charge in [-0.2, -0.15) is 10.4 Å². The number of halogens is 1. The zero-order chi connectivity index (χ0) is 40.5. The molecule has 13 heteroatoms. The summed E-state index contributed by atoms with van der Waals surface area (Å²) in [4.78, 5) is 24.7. The molecule has 0 radical (unpaired) electrons.